The number of nitrogens with zero attached hydrogens (tertiary/aromatic N) is 1. The lowest BCUT2D eigenvalue weighted by Gasteiger charge is -2.11. The highest BCUT2D eigenvalue weighted by Crippen LogP contribution is 2.29. The van der Waals surface area contributed by atoms with Gasteiger partial charge in [-0.2, -0.15) is 13.2 Å². The van der Waals surface area contributed by atoms with Gasteiger partial charge in [0, 0.05) is 28.5 Å². The lowest BCUT2D eigenvalue weighted by atomic mass is 10.2. The highest BCUT2D eigenvalue weighted by Gasteiger charge is 2.30. The first-order valence-corrected chi connectivity index (χ1v) is 8.65. The third-order valence-corrected chi connectivity index (χ3v) is 4.46. The van der Waals surface area contributed by atoms with E-state index >= 15 is 0 Å². The molecule has 0 atom stereocenters. The van der Waals surface area contributed by atoms with Gasteiger partial charge in [0.15, 0.2) is 0 Å². The number of carbonyl (C=O) groups is 1. The van der Waals surface area contributed by atoms with Gasteiger partial charge in [-0.3, -0.25) is 9.59 Å². The fourth-order valence-corrected chi connectivity index (χ4v) is 2.81. The van der Waals surface area contributed by atoms with E-state index in [9.17, 15) is 27.2 Å². The molecule has 4 nitrogen and oxygen atoms in total. The van der Waals surface area contributed by atoms with Crippen LogP contribution in [0, 0.1) is 5.82 Å². The van der Waals surface area contributed by atoms with Gasteiger partial charge in [-0.1, -0.05) is 17.7 Å². The number of anilines is 1. The first-order valence-electron chi connectivity index (χ1n) is 8.27. The van der Waals surface area contributed by atoms with Gasteiger partial charge in [0.05, 0.1) is 17.7 Å². The molecule has 1 amide bonds. The molecule has 3 rings (SSSR count). The van der Waals surface area contributed by atoms with Gasteiger partial charge in [0.2, 0.25) is 0 Å². The van der Waals surface area contributed by atoms with E-state index in [0.717, 1.165) is 34.9 Å². The Hall–Kier alpha value is -3.13. The molecule has 9 heteroatoms. The summed E-state index contributed by atoms with van der Waals surface area (Å²) in [6, 6.07) is 10.4. The molecule has 29 heavy (non-hydrogen) atoms. The molecule has 0 aliphatic rings. The molecular weight excluding hydrogens is 412 g/mol. The number of aromatic nitrogens is 1. The Labute approximate surface area is 167 Å². The Kier molecular flexibility index (Phi) is 5.74. The summed E-state index contributed by atoms with van der Waals surface area (Å²) in [7, 11) is 0. The van der Waals surface area contributed by atoms with Crippen LogP contribution in [0.4, 0.5) is 23.2 Å². The second kappa shape index (κ2) is 8.08. The number of nitrogens with one attached hydrogen (secondary N) is 1. The quantitative estimate of drug-likeness (QED) is 0.602. The van der Waals surface area contributed by atoms with Crippen molar-refractivity contribution in [1.82, 2.24) is 4.57 Å². The van der Waals surface area contributed by atoms with E-state index < -0.39 is 29.0 Å². The van der Waals surface area contributed by atoms with Gasteiger partial charge in [-0.15, -0.1) is 0 Å². The highest BCUT2D eigenvalue weighted by atomic mass is 35.5. The third kappa shape index (κ3) is 4.83. The Morgan fingerprint density at radius 1 is 1.03 bits per heavy atom. The molecule has 0 bridgehead atoms. The topological polar surface area (TPSA) is 51.1 Å². The van der Waals surface area contributed by atoms with Crippen LogP contribution in [0.3, 0.4) is 0 Å². The summed E-state index contributed by atoms with van der Waals surface area (Å²) in [5.41, 5.74) is -1.01. The summed E-state index contributed by atoms with van der Waals surface area (Å²) in [6.45, 7) is -0.189. The zero-order valence-electron chi connectivity index (χ0n) is 14.6. The van der Waals surface area contributed by atoms with Crippen LogP contribution in [-0.2, 0) is 12.7 Å². The van der Waals surface area contributed by atoms with Crippen LogP contribution in [0.1, 0.15) is 21.5 Å². The van der Waals surface area contributed by atoms with Gasteiger partial charge in [0.25, 0.3) is 11.5 Å². The van der Waals surface area contributed by atoms with Crippen molar-refractivity contribution in [2.75, 3.05) is 5.32 Å². The van der Waals surface area contributed by atoms with Crippen LogP contribution >= 0.6 is 11.6 Å². The monoisotopic (exact) mass is 424 g/mol. The van der Waals surface area contributed by atoms with E-state index in [0.29, 0.717) is 0 Å². The fraction of sp³-hybridized carbons (Fsp3) is 0.100. The summed E-state index contributed by atoms with van der Waals surface area (Å²) in [5.74, 6) is -1.23. The Balaban J connectivity index is 1.82. The Morgan fingerprint density at radius 2 is 1.72 bits per heavy atom. The SMILES string of the molecule is O=C(Nc1ccc(C(F)(F)F)cc1)c1ccc(=O)n(Cc2c(F)cccc2Cl)c1. The number of hydrogen-bond acceptors (Lipinski definition) is 2. The molecule has 0 fully saturated rings. The molecule has 1 aromatic heterocycles. The maximum atomic E-state index is 14.0. The molecule has 2 aromatic carbocycles. The Morgan fingerprint density at radius 3 is 2.34 bits per heavy atom. The number of halogens is 5. The van der Waals surface area contributed by atoms with Crippen LogP contribution in [0.15, 0.2) is 65.6 Å². The average molecular weight is 425 g/mol. The summed E-state index contributed by atoms with van der Waals surface area (Å²) >= 11 is 5.97. The van der Waals surface area contributed by atoms with Gasteiger partial charge < -0.3 is 9.88 Å². The van der Waals surface area contributed by atoms with Crippen molar-refractivity contribution in [2.45, 2.75) is 12.7 Å². The van der Waals surface area contributed by atoms with Crippen molar-refractivity contribution in [3.8, 4) is 0 Å². The predicted octanol–water partition coefficient (Wildman–Crippen LogP) is 4.96. The van der Waals surface area contributed by atoms with E-state index in [1.165, 1.54) is 30.5 Å². The number of hydrogen-bond donors (Lipinski definition) is 1. The first-order chi connectivity index (χ1) is 13.6. The zero-order valence-corrected chi connectivity index (χ0v) is 15.4. The second-order valence-electron chi connectivity index (χ2n) is 6.11. The van der Waals surface area contributed by atoms with Crippen LogP contribution in [0.25, 0.3) is 0 Å². The highest BCUT2D eigenvalue weighted by molar-refractivity contribution is 6.31. The maximum Gasteiger partial charge on any atom is 0.416 e. The molecule has 0 spiro atoms. The van der Waals surface area contributed by atoms with Crippen molar-refractivity contribution in [1.29, 1.82) is 0 Å². The molecule has 3 aromatic rings. The van der Waals surface area contributed by atoms with Crippen LogP contribution in [0.5, 0.6) is 0 Å². The van der Waals surface area contributed by atoms with Crippen molar-refractivity contribution in [2.24, 2.45) is 0 Å². The molecule has 1 heterocycles. The molecule has 0 unspecified atom stereocenters. The number of rotatable bonds is 4. The average Bonchev–Trinajstić information content (AvgIpc) is 2.66. The van der Waals surface area contributed by atoms with E-state index in [2.05, 4.69) is 5.32 Å². The van der Waals surface area contributed by atoms with Crippen molar-refractivity contribution < 1.29 is 22.4 Å². The summed E-state index contributed by atoms with van der Waals surface area (Å²) < 4.78 is 52.9. The maximum absolute atomic E-state index is 14.0. The predicted molar refractivity (Wildman–Crippen MR) is 101 cm³/mol. The van der Waals surface area contributed by atoms with Gasteiger partial charge >= 0.3 is 6.18 Å². The molecule has 0 radical (unpaired) electrons. The number of alkyl halides is 3. The van der Waals surface area contributed by atoms with E-state index in [-0.39, 0.29) is 28.4 Å². The lowest BCUT2D eigenvalue weighted by molar-refractivity contribution is -0.137. The van der Waals surface area contributed by atoms with E-state index in [1.807, 2.05) is 0 Å². The molecule has 150 valence electrons. The minimum Gasteiger partial charge on any atom is -0.322 e. The minimum atomic E-state index is -4.48. The second-order valence-corrected chi connectivity index (χ2v) is 6.52. The Bertz CT molecular complexity index is 1090. The van der Waals surface area contributed by atoms with Crippen LogP contribution in [0.2, 0.25) is 5.02 Å². The largest absolute Gasteiger partial charge is 0.416 e. The summed E-state index contributed by atoms with van der Waals surface area (Å²) in [6.07, 6.45) is -3.25. The minimum absolute atomic E-state index is 0.0666. The zero-order chi connectivity index (χ0) is 21.2. The normalized spacial score (nSPS) is 11.3. The fourth-order valence-electron chi connectivity index (χ4n) is 2.59. The standard InChI is InChI=1S/C20H13ClF4N2O2/c21-16-2-1-3-17(22)15(16)11-27-10-12(4-9-18(27)28)19(29)26-14-7-5-13(6-8-14)20(23,24)25/h1-10H,11H2,(H,26,29). The van der Waals surface area contributed by atoms with E-state index in [1.54, 1.807) is 0 Å². The number of benzene rings is 2. The summed E-state index contributed by atoms with van der Waals surface area (Å²) in [4.78, 5) is 24.5. The molecule has 1 N–H and O–H groups in total. The summed E-state index contributed by atoms with van der Waals surface area (Å²) in [5, 5.41) is 2.58. The van der Waals surface area contributed by atoms with Crippen molar-refractivity contribution in [3.05, 3.63) is 98.7 Å². The number of pyridine rings is 1. The van der Waals surface area contributed by atoms with Crippen LogP contribution in [-0.4, -0.2) is 10.5 Å². The van der Waals surface area contributed by atoms with Gasteiger partial charge in [-0.05, 0) is 42.5 Å². The molecular formula is C20H13ClF4N2O2. The molecule has 0 aliphatic carbocycles. The number of amides is 1. The molecule has 0 saturated carbocycles. The third-order valence-electron chi connectivity index (χ3n) is 4.11. The first kappa shape index (κ1) is 20.6. The lowest BCUT2D eigenvalue weighted by Crippen LogP contribution is -2.23. The molecule has 0 aliphatic heterocycles. The van der Waals surface area contributed by atoms with E-state index in [4.69, 9.17) is 11.6 Å². The van der Waals surface area contributed by atoms with Crippen molar-refractivity contribution >= 4 is 23.2 Å². The smallest absolute Gasteiger partial charge is 0.322 e. The van der Waals surface area contributed by atoms with Gasteiger partial charge in [-0.25, -0.2) is 4.39 Å². The van der Waals surface area contributed by atoms with Crippen LogP contribution < -0.4 is 10.9 Å². The van der Waals surface area contributed by atoms with Crippen molar-refractivity contribution in [3.63, 3.8) is 0 Å². The molecule has 0 saturated heterocycles. The van der Waals surface area contributed by atoms with Gasteiger partial charge in [0.1, 0.15) is 5.82 Å². The number of carbonyl (C=O) groups excluding carboxylic acids is 1.